The number of rotatable bonds is 4. The van der Waals surface area contributed by atoms with Crippen LogP contribution in [0.15, 0.2) is 24.3 Å². The van der Waals surface area contributed by atoms with Crippen molar-refractivity contribution in [3.63, 3.8) is 0 Å². The summed E-state index contributed by atoms with van der Waals surface area (Å²) in [6, 6.07) is 8.77. The lowest BCUT2D eigenvalue weighted by Crippen LogP contribution is -2.31. The van der Waals surface area contributed by atoms with Crippen LogP contribution < -0.4 is 10.5 Å². The SMILES string of the molecule is NCC1(c2ccc(OC3CCCSC3)cc2)CCCC1. The molecule has 1 saturated heterocycles. The molecule has 3 heteroatoms. The van der Waals surface area contributed by atoms with Gasteiger partial charge in [0.15, 0.2) is 0 Å². The molecule has 1 heterocycles. The third-order valence-electron chi connectivity index (χ3n) is 4.84. The van der Waals surface area contributed by atoms with Crippen molar-refractivity contribution in [2.75, 3.05) is 18.1 Å². The molecule has 1 saturated carbocycles. The molecule has 1 aromatic rings. The molecule has 0 bridgehead atoms. The van der Waals surface area contributed by atoms with Crippen molar-refractivity contribution >= 4 is 11.8 Å². The Labute approximate surface area is 126 Å². The smallest absolute Gasteiger partial charge is 0.119 e. The first kappa shape index (κ1) is 14.3. The molecule has 1 aromatic carbocycles. The van der Waals surface area contributed by atoms with Crippen molar-refractivity contribution in [3.05, 3.63) is 29.8 Å². The highest BCUT2D eigenvalue weighted by Crippen LogP contribution is 2.40. The summed E-state index contributed by atoms with van der Waals surface area (Å²) in [5, 5.41) is 0. The molecule has 0 spiro atoms. The van der Waals surface area contributed by atoms with Gasteiger partial charge in [0.05, 0.1) is 0 Å². The summed E-state index contributed by atoms with van der Waals surface area (Å²) < 4.78 is 6.09. The summed E-state index contributed by atoms with van der Waals surface area (Å²) in [7, 11) is 0. The molecule has 20 heavy (non-hydrogen) atoms. The second kappa shape index (κ2) is 6.40. The van der Waals surface area contributed by atoms with Crippen LogP contribution in [0.2, 0.25) is 0 Å². The van der Waals surface area contributed by atoms with E-state index in [1.807, 2.05) is 11.8 Å². The van der Waals surface area contributed by atoms with Crippen LogP contribution in [0, 0.1) is 0 Å². The zero-order valence-electron chi connectivity index (χ0n) is 12.1. The van der Waals surface area contributed by atoms with E-state index >= 15 is 0 Å². The van der Waals surface area contributed by atoms with Crippen molar-refractivity contribution in [3.8, 4) is 5.75 Å². The molecule has 0 aromatic heterocycles. The van der Waals surface area contributed by atoms with Crippen molar-refractivity contribution in [2.45, 2.75) is 50.0 Å². The summed E-state index contributed by atoms with van der Waals surface area (Å²) in [5.41, 5.74) is 7.70. The van der Waals surface area contributed by atoms with Crippen LogP contribution in [0.5, 0.6) is 5.75 Å². The number of ether oxygens (including phenoxy) is 1. The molecule has 110 valence electrons. The Bertz CT molecular complexity index is 419. The van der Waals surface area contributed by atoms with Crippen molar-refractivity contribution in [2.24, 2.45) is 5.73 Å². The average Bonchev–Trinajstić information content (AvgIpc) is 2.99. The Balaban J connectivity index is 1.67. The first-order chi connectivity index (χ1) is 9.82. The lowest BCUT2D eigenvalue weighted by Gasteiger charge is -2.28. The third-order valence-corrected chi connectivity index (χ3v) is 6.02. The molecule has 2 aliphatic rings. The van der Waals surface area contributed by atoms with Gasteiger partial charge in [0.25, 0.3) is 0 Å². The van der Waals surface area contributed by atoms with Gasteiger partial charge in [-0.3, -0.25) is 0 Å². The van der Waals surface area contributed by atoms with Crippen molar-refractivity contribution < 1.29 is 4.74 Å². The Hall–Kier alpha value is -0.670. The van der Waals surface area contributed by atoms with E-state index in [1.165, 1.54) is 49.8 Å². The molecular formula is C17H25NOS. The number of benzene rings is 1. The van der Waals surface area contributed by atoms with Gasteiger partial charge in [0, 0.05) is 17.7 Å². The minimum atomic E-state index is 0.235. The zero-order valence-corrected chi connectivity index (χ0v) is 13.0. The Morgan fingerprint density at radius 1 is 1.15 bits per heavy atom. The molecular weight excluding hydrogens is 266 g/mol. The Morgan fingerprint density at radius 2 is 1.90 bits per heavy atom. The van der Waals surface area contributed by atoms with Crippen LogP contribution in [0.4, 0.5) is 0 Å². The molecule has 0 amide bonds. The summed E-state index contributed by atoms with van der Waals surface area (Å²) in [6.45, 7) is 0.770. The summed E-state index contributed by atoms with van der Waals surface area (Å²) in [6.07, 6.45) is 7.98. The second-order valence-electron chi connectivity index (χ2n) is 6.17. The largest absolute Gasteiger partial charge is 0.490 e. The molecule has 1 unspecified atom stereocenters. The highest BCUT2D eigenvalue weighted by atomic mass is 32.2. The standard InChI is InChI=1S/C17H25NOS/c18-13-17(9-1-2-10-17)14-5-7-15(8-6-14)19-16-4-3-11-20-12-16/h5-8,16H,1-4,9-13,18H2. The third kappa shape index (κ3) is 2.99. The molecule has 3 rings (SSSR count). The van der Waals surface area contributed by atoms with Crippen LogP contribution in [0.3, 0.4) is 0 Å². The van der Waals surface area contributed by atoms with Gasteiger partial charge < -0.3 is 10.5 Å². The van der Waals surface area contributed by atoms with Gasteiger partial charge in [0.1, 0.15) is 11.9 Å². The monoisotopic (exact) mass is 291 g/mol. The second-order valence-corrected chi connectivity index (χ2v) is 7.32. The van der Waals surface area contributed by atoms with Gasteiger partial charge in [-0.1, -0.05) is 25.0 Å². The maximum atomic E-state index is 6.09. The molecule has 1 aliphatic carbocycles. The maximum Gasteiger partial charge on any atom is 0.119 e. The highest BCUT2D eigenvalue weighted by Gasteiger charge is 2.34. The quantitative estimate of drug-likeness (QED) is 0.918. The molecule has 2 fully saturated rings. The summed E-state index contributed by atoms with van der Waals surface area (Å²) in [4.78, 5) is 0. The van der Waals surface area contributed by atoms with Gasteiger partial charge >= 0.3 is 0 Å². The average molecular weight is 291 g/mol. The van der Waals surface area contributed by atoms with Gasteiger partial charge in [-0.2, -0.15) is 11.8 Å². The lowest BCUT2D eigenvalue weighted by molar-refractivity contribution is 0.211. The first-order valence-electron chi connectivity index (χ1n) is 7.87. The van der Waals surface area contributed by atoms with Gasteiger partial charge in [-0.15, -0.1) is 0 Å². The maximum absolute atomic E-state index is 6.09. The van der Waals surface area contributed by atoms with Gasteiger partial charge in [-0.25, -0.2) is 0 Å². The summed E-state index contributed by atoms with van der Waals surface area (Å²) in [5.74, 6) is 3.44. The molecule has 2 N–H and O–H groups in total. The van der Waals surface area contributed by atoms with E-state index in [1.54, 1.807) is 0 Å². The Morgan fingerprint density at radius 3 is 2.50 bits per heavy atom. The van der Waals surface area contributed by atoms with E-state index in [-0.39, 0.29) is 5.41 Å². The van der Waals surface area contributed by atoms with E-state index < -0.39 is 0 Å². The number of nitrogens with two attached hydrogens (primary N) is 1. The number of thioether (sulfide) groups is 1. The van der Waals surface area contributed by atoms with E-state index in [9.17, 15) is 0 Å². The highest BCUT2D eigenvalue weighted by molar-refractivity contribution is 7.99. The number of hydrogen-bond acceptors (Lipinski definition) is 3. The van der Waals surface area contributed by atoms with E-state index in [2.05, 4.69) is 24.3 Å². The van der Waals surface area contributed by atoms with Crippen LogP contribution in [-0.4, -0.2) is 24.2 Å². The van der Waals surface area contributed by atoms with E-state index in [0.29, 0.717) is 6.10 Å². The van der Waals surface area contributed by atoms with Crippen LogP contribution in [0.25, 0.3) is 0 Å². The van der Waals surface area contributed by atoms with Gasteiger partial charge in [-0.05, 0) is 49.1 Å². The predicted molar refractivity (Wildman–Crippen MR) is 86.6 cm³/mol. The number of hydrogen-bond donors (Lipinski definition) is 1. The van der Waals surface area contributed by atoms with Crippen LogP contribution >= 0.6 is 11.8 Å². The zero-order chi connectivity index (χ0) is 13.8. The van der Waals surface area contributed by atoms with Crippen LogP contribution in [0.1, 0.15) is 44.1 Å². The molecule has 1 atom stereocenters. The van der Waals surface area contributed by atoms with Crippen LogP contribution in [-0.2, 0) is 5.41 Å². The van der Waals surface area contributed by atoms with Crippen molar-refractivity contribution in [1.82, 2.24) is 0 Å². The fourth-order valence-corrected chi connectivity index (χ4v) is 4.58. The first-order valence-corrected chi connectivity index (χ1v) is 9.03. The normalized spacial score (nSPS) is 25.6. The molecule has 0 radical (unpaired) electrons. The predicted octanol–water partition coefficient (Wildman–Crippen LogP) is 3.73. The van der Waals surface area contributed by atoms with Gasteiger partial charge in [0.2, 0.25) is 0 Å². The minimum Gasteiger partial charge on any atom is -0.490 e. The van der Waals surface area contributed by atoms with Crippen molar-refractivity contribution in [1.29, 1.82) is 0 Å². The molecule has 1 aliphatic heterocycles. The fraction of sp³-hybridized carbons (Fsp3) is 0.647. The molecule has 2 nitrogen and oxygen atoms in total. The fourth-order valence-electron chi connectivity index (χ4n) is 3.55. The summed E-state index contributed by atoms with van der Waals surface area (Å²) >= 11 is 2.01. The topological polar surface area (TPSA) is 35.2 Å². The Kier molecular flexibility index (Phi) is 4.57. The minimum absolute atomic E-state index is 0.235. The lowest BCUT2D eigenvalue weighted by atomic mass is 9.79. The van der Waals surface area contributed by atoms with E-state index in [0.717, 1.165) is 18.0 Å². The van der Waals surface area contributed by atoms with E-state index in [4.69, 9.17) is 10.5 Å².